The van der Waals surface area contributed by atoms with Gasteiger partial charge in [0.05, 0.1) is 24.3 Å². The first-order chi connectivity index (χ1) is 9.76. The molecule has 0 unspecified atom stereocenters. The van der Waals surface area contributed by atoms with E-state index in [4.69, 9.17) is 10.00 Å². The zero-order chi connectivity index (χ0) is 16.0. The van der Waals surface area contributed by atoms with Gasteiger partial charge in [-0.3, -0.25) is 10.1 Å². The fourth-order valence-corrected chi connectivity index (χ4v) is 1.80. The Kier molecular flexibility index (Phi) is 5.89. The van der Waals surface area contributed by atoms with Crippen LogP contribution in [-0.4, -0.2) is 29.3 Å². The molecule has 2 atom stereocenters. The van der Waals surface area contributed by atoms with Crippen molar-refractivity contribution in [3.8, 4) is 6.07 Å². The number of carbonyl (C=O) groups is 1. The fourth-order valence-electron chi connectivity index (χ4n) is 1.80. The van der Waals surface area contributed by atoms with Gasteiger partial charge < -0.3 is 9.84 Å². The highest BCUT2D eigenvalue weighted by molar-refractivity contribution is 5.75. The lowest BCUT2D eigenvalue weighted by Crippen LogP contribution is -2.41. The van der Waals surface area contributed by atoms with Crippen molar-refractivity contribution in [2.24, 2.45) is 0 Å². The minimum atomic E-state index is -0.545. The number of nitrogens with one attached hydrogen (secondary N) is 1. The second-order valence-electron chi connectivity index (χ2n) is 5.89. The number of esters is 1. The first kappa shape index (κ1) is 17.2. The highest BCUT2D eigenvalue weighted by Crippen LogP contribution is 2.15. The Bertz CT molecular complexity index is 512. The third-order valence-electron chi connectivity index (χ3n) is 2.84. The topological polar surface area (TPSA) is 82.4 Å². The van der Waals surface area contributed by atoms with E-state index in [1.807, 2.05) is 26.8 Å². The molecule has 0 spiro atoms. The maximum absolute atomic E-state index is 11.9. The minimum Gasteiger partial charge on any atom is -0.459 e. The van der Waals surface area contributed by atoms with Crippen molar-refractivity contribution in [2.45, 2.75) is 45.4 Å². The third kappa shape index (κ3) is 5.54. The van der Waals surface area contributed by atoms with Crippen LogP contribution >= 0.6 is 0 Å². The van der Waals surface area contributed by atoms with E-state index in [9.17, 15) is 9.90 Å². The van der Waals surface area contributed by atoms with E-state index in [0.717, 1.165) is 5.56 Å². The Morgan fingerprint density at radius 3 is 2.38 bits per heavy atom. The van der Waals surface area contributed by atoms with Gasteiger partial charge in [0.25, 0.3) is 0 Å². The average molecular weight is 290 g/mol. The summed E-state index contributed by atoms with van der Waals surface area (Å²) in [5.41, 5.74) is 0.818. The van der Waals surface area contributed by atoms with Gasteiger partial charge in [-0.05, 0) is 45.4 Å². The summed E-state index contributed by atoms with van der Waals surface area (Å²) in [7, 11) is 0. The highest BCUT2D eigenvalue weighted by atomic mass is 16.6. The van der Waals surface area contributed by atoms with Gasteiger partial charge in [-0.25, -0.2) is 0 Å². The molecule has 0 aromatic heterocycles. The summed E-state index contributed by atoms with van der Waals surface area (Å²) in [4.78, 5) is 11.9. The molecule has 21 heavy (non-hydrogen) atoms. The van der Waals surface area contributed by atoms with Gasteiger partial charge in [0, 0.05) is 0 Å². The van der Waals surface area contributed by atoms with Crippen LogP contribution in [0.5, 0.6) is 0 Å². The molecule has 0 amide bonds. The predicted molar refractivity (Wildman–Crippen MR) is 79.4 cm³/mol. The summed E-state index contributed by atoms with van der Waals surface area (Å²) in [6, 6.07) is 7.98. The molecule has 1 aromatic carbocycles. The summed E-state index contributed by atoms with van der Waals surface area (Å²) >= 11 is 0. The van der Waals surface area contributed by atoms with Crippen LogP contribution in [0.4, 0.5) is 0 Å². The Morgan fingerprint density at radius 2 is 1.95 bits per heavy atom. The molecule has 0 fully saturated rings. The zero-order valence-corrected chi connectivity index (χ0v) is 12.9. The van der Waals surface area contributed by atoms with Crippen molar-refractivity contribution < 1.29 is 14.6 Å². The molecule has 114 valence electrons. The first-order valence-corrected chi connectivity index (χ1v) is 6.86. The number of hydrogen-bond acceptors (Lipinski definition) is 5. The number of aliphatic hydroxyl groups excluding tert-OH is 1. The van der Waals surface area contributed by atoms with E-state index in [-0.39, 0.29) is 18.6 Å². The lowest BCUT2D eigenvalue weighted by atomic mass is 10.0. The summed E-state index contributed by atoms with van der Waals surface area (Å²) in [6.45, 7) is 6.96. The van der Waals surface area contributed by atoms with E-state index in [2.05, 4.69) is 5.32 Å². The molecule has 0 bridgehead atoms. The molecule has 0 aliphatic carbocycles. The number of nitrogens with zero attached hydrogens (tertiary/aromatic N) is 1. The Morgan fingerprint density at radius 1 is 1.38 bits per heavy atom. The summed E-state index contributed by atoms with van der Waals surface area (Å²) < 4.78 is 5.29. The zero-order valence-electron chi connectivity index (χ0n) is 12.9. The van der Waals surface area contributed by atoms with Crippen LogP contribution in [0, 0.1) is 11.3 Å². The quantitative estimate of drug-likeness (QED) is 0.809. The Balaban J connectivity index is 2.73. The second-order valence-corrected chi connectivity index (χ2v) is 5.89. The standard InChI is InChI=1S/C16H22N2O3/c1-11(15(20)21-16(2,3)4)18-14(10-19)13-7-5-12(9-17)6-8-13/h5-8,11,14,18-19H,10H2,1-4H3/t11-,14-/m1/s1. The third-order valence-corrected chi connectivity index (χ3v) is 2.84. The van der Waals surface area contributed by atoms with Gasteiger partial charge in [-0.15, -0.1) is 0 Å². The minimum absolute atomic E-state index is 0.154. The number of ether oxygens (including phenoxy) is 1. The molecule has 0 aliphatic rings. The van der Waals surface area contributed by atoms with E-state index in [0.29, 0.717) is 5.56 Å². The molecule has 0 saturated carbocycles. The van der Waals surface area contributed by atoms with Crippen molar-refractivity contribution in [2.75, 3.05) is 6.61 Å². The molecule has 5 nitrogen and oxygen atoms in total. The molecule has 5 heteroatoms. The van der Waals surface area contributed by atoms with Crippen LogP contribution in [0.2, 0.25) is 0 Å². The molecule has 0 aliphatic heterocycles. The lowest BCUT2D eigenvalue weighted by Gasteiger charge is -2.25. The number of hydrogen-bond donors (Lipinski definition) is 2. The molecule has 0 saturated heterocycles. The normalized spacial score (nSPS) is 14.1. The lowest BCUT2D eigenvalue weighted by molar-refractivity contribution is -0.157. The second kappa shape index (κ2) is 7.21. The highest BCUT2D eigenvalue weighted by Gasteiger charge is 2.24. The molecular formula is C16H22N2O3. The number of carbonyl (C=O) groups excluding carboxylic acids is 1. The molecular weight excluding hydrogens is 268 g/mol. The van der Waals surface area contributed by atoms with Crippen molar-refractivity contribution in [3.05, 3.63) is 35.4 Å². The largest absolute Gasteiger partial charge is 0.459 e. The molecule has 2 N–H and O–H groups in total. The van der Waals surface area contributed by atoms with Crippen LogP contribution in [0.1, 0.15) is 44.9 Å². The maximum atomic E-state index is 11.9. The molecule has 1 aromatic rings. The van der Waals surface area contributed by atoms with E-state index in [1.165, 1.54) is 0 Å². The Hall–Kier alpha value is -1.90. The van der Waals surface area contributed by atoms with Crippen molar-refractivity contribution >= 4 is 5.97 Å². The summed E-state index contributed by atoms with van der Waals surface area (Å²) in [5, 5.41) is 21.3. The first-order valence-electron chi connectivity index (χ1n) is 6.86. The maximum Gasteiger partial charge on any atom is 0.323 e. The number of nitriles is 1. The predicted octanol–water partition coefficient (Wildman–Crippen LogP) is 1.91. The van der Waals surface area contributed by atoms with Crippen molar-refractivity contribution in [3.63, 3.8) is 0 Å². The van der Waals surface area contributed by atoms with Gasteiger partial charge in [0.1, 0.15) is 11.6 Å². The molecule has 0 heterocycles. The summed E-state index contributed by atoms with van der Waals surface area (Å²) in [6.07, 6.45) is 0. The van der Waals surface area contributed by atoms with Crippen LogP contribution in [-0.2, 0) is 9.53 Å². The summed E-state index contributed by atoms with van der Waals surface area (Å²) in [5.74, 6) is -0.366. The van der Waals surface area contributed by atoms with E-state index < -0.39 is 11.6 Å². The van der Waals surface area contributed by atoms with Crippen LogP contribution in [0.3, 0.4) is 0 Å². The van der Waals surface area contributed by atoms with Gasteiger partial charge in [-0.2, -0.15) is 5.26 Å². The SMILES string of the molecule is C[C@@H](N[C@H](CO)c1ccc(C#N)cc1)C(=O)OC(C)(C)C. The van der Waals surface area contributed by atoms with E-state index >= 15 is 0 Å². The molecule has 1 rings (SSSR count). The van der Waals surface area contributed by atoms with Crippen molar-refractivity contribution in [1.82, 2.24) is 5.32 Å². The number of rotatable bonds is 5. The Labute approximate surface area is 125 Å². The monoisotopic (exact) mass is 290 g/mol. The van der Waals surface area contributed by atoms with Gasteiger partial charge in [-0.1, -0.05) is 12.1 Å². The van der Waals surface area contributed by atoms with Crippen LogP contribution in [0.15, 0.2) is 24.3 Å². The van der Waals surface area contributed by atoms with E-state index in [1.54, 1.807) is 31.2 Å². The van der Waals surface area contributed by atoms with Crippen LogP contribution in [0.25, 0.3) is 0 Å². The van der Waals surface area contributed by atoms with Crippen LogP contribution < -0.4 is 5.32 Å². The number of aliphatic hydroxyl groups is 1. The fraction of sp³-hybridized carbons (Fsp3) is 0.500. The van der Waals surface area contributed by atoms with Gasteiger partial charge >= 0.3 is 5.97 Å². The average Bonchev–Trinajstić information content (AvgIpc) is 2.42. The van der Waals surface area contributed by atoms with Gasteiger partial charge in [0.15, 0.2) is 0 Å². The van der Waals surface area contributed by atoms with Gasteiger partial charge in [0.2, 0.25) is 0 Å². The van der Waals surface area contributed by atoms with Crippen molar-refractivity contribution in [1.29, 1.82) is 5.26 Å². The smallest absolute Gasteiger partial charge is 0.323 e. The number of benzene rings is 1. The molecule has 0 radical (unpaired) electrons.